The van der Waals surface area contributed by atoms with Gasteiger partial charge in [0.15, 0.2) is 0 Å². The van der Waals surface area contributed by atoms with Crippen molar-refractivity contribution in [3.8, 4) is 5.75 Å². The summed E-state index contributed by atoms with van der Waals surface area (Å²) in [5.41, 5.74) is 3.57. The van der Waals surface area contributed by atoms with Crippen LogP contribution in [0.5, 0.6) is 5.75 Å². The molecule has 28 heavy (non-hydrogen) atoms. The monoisotopic (exact) mass is 400 g/mol. The van der Waals surface area contributed by atoms with Gasteiger partial charge >= 0.3 is 0 Å². The van der Waals surface area contributed by atoms with Crippen molar-refractivity contribution >= 4 is 29.0 Å². The Morgan fingerprint density at radius 2 is 2.04 bits per heavy atom. The molecule has 2 aromatic rings. The van der Waals surface area contributed by atoms with Crippen LogP contribution in [0.2, 0.25) is 0 Å². The molecule has 4 nitrogen and oxygen atoms in total. The highest BCUT2D eigenvalue weighted by atomic mass is 32.2. The molecule has 1 amide bonds. The van der Waals surface area contributed by atoms with Crippen LogP contribution in [0.3, 0.4) is 0 Å². The Morgan fingerprint density at radius 1 is 1.21 bits per heavy atom. The van der Waals surface area contributed by atoms with Gasteiger partial charge < -0.3 is 15.0 Å². The predicted molar refractivity (Wildman–Crippen MR) is 113 cm³/mol. The van der Waals surface area contributed by atoms with Crippen LogP contribution in [0, 0.1) is 18.7 Å². The summed E-state index contributed by atoms with van der Waals surface area (Å²) in [6.45, 7) is 4.24. The fourth-order valence-electron chi connectivity index (χ4n) is 3.82. The van der Waals surface area contributed by atoms with Gasteiger partial charge in [-0.15, -0.1) is 11.8 Å². The summed E-state index contributed by atoms with van der Waals surface area (Å²) in [6.07, 6.45) is 1.96. The first-order chi connectivity index (χ1) is 13.6. The molecular weight excluding hydrogens is 375 g/mol. The van der Waals surface area contributed by atoms with E-state index >= 15 is 0 Å². The van der Waals surface area contributed by atoms with E-state index in [1.54, 1.807) is 17.8 Å². The van der Waals surface area contributed by atoms with Crippen LogP contribution in [0.1, 0.15) is 24.0 Å². The number of amides is 1. The molecule has 148 valence electrons. The number of ether oxygens (including phenoxy) is 1. The molecule has 0 aromatic heterocycles. The zero-order valence-corrected chi connectivity index (χ0v) is 16.9. The average molecular weight is 401 g/mol. The first-order valence-electron chi connectivity index (χ1n) is 9.73. The molecule has 0 saturated carbocycles. The number of hydrogen-bond donors (Lipinski definition) is 1. The minimum absolute atomic E-state index is 0.0385. The van der Waals surface area contributed by atoms with Crippen molar-refractivity contribution in [2.45, 2.75) is 25.5 Å². The third-order valence-electron chi connectivity index (χ3n) is 5.42. The molecule has 0 atom stereocenters. The molecule has 2 aliphatic heterocycles. The molecule has 1 fully saturated rings. The fraction of sp³-hybridized carbons (Fsp3) is 0.409. The third-order valence-corrected chi connectivity index (χ3v) is 6.38. The number of hydrogen-bond acceptors (Lipinski definition) is 4. The maximum absolute atomic E-state index is 14.2. The van der Waals surface area contributed by atoms with Gasteiger partial charge in [0.25, 0.3) is 0 Å². The first kappa shape index (κ1) is 19.1. The summed E-state index contributed by atoms with van der Waals surface area (Å²) < 4.78 is 20.4. The zero-order chi connectivity index (χ0) is 19.5. The quantitative estimate of drug-likeness (QED) is 0.813. The Labute approximate surface area is 169 Å². The number of anilines is 2. The van der Waals surface area contributed by atoms with Gasteiger partial charge in [0, 0.05) is 30.1 Å². The zero-order valence-electron chi connectivity index (χ0n) is 16.0. The van der Waals surface area contributed by atoms with Crippen molar-refractivity contribution in [3.63, 3.8) is 0 Å². The van der Waals surface area contributed by atoms with Crippen molar-refractivity contribution in [3.05, 3.63) is 53.3 Å². The molecule has 1 N–H and O–H groups in total. The maximum Gasteiger partial charge on any atom is 0.234 e. The molecular formula is C22H25FN2O2S. The van der Waals surface area contributed by atoms with Crippen LogP contribution in [0.25, 0.3) is 0 Å². The normalized spacial score (nSPS) is 17.6. The van der Waals surface area contributed by atoms with Crippen molar-refractivity contribution < 1.29 is 13.9 Å². The summed E-state index contributed by atoms with van der Waals surface area (Å²) in [4.78, 5) is 13.9. The lowest BCUT2D eigenvalue weighted by Crippen LogP contribution is -2.36. The van der Waals surface area contributed by atoms with Gasteiger partial charge in [-0.2, -0.15) is 0 Å². The number of fused-ring (bicyclic) bond motifs is 1. The molecule has 1 saturated heterocycles. The fourth-order valence-corrected chi connectivity index (χ4v) is 4.68. The maximum atomic E-state index is 14.2. The van der Waals surface area contributed by atoms with Crippen molar-refractivity contribution in [2.75, 3.05) is 35.7 Å². The van der Waals surface area contributed by atoms with E-state index in [4.69, 9.17) is 4.74 Å². The lowest BCUT2D eigenvalue weighted by atomic mass is 9.97. The van der Waals surface area contributed by atoms with E-state index in [2.05, 4.69) is 10.2 Å². The van der Waals surface area contributed by atoms with Crippen LogP contribution in [-0.4, -0.2) is 31.4 Å². The molecule has 0 aliphatic carbocycles. The van der Waals surface area contributed by atoms with Gasteiger partial charge in [0.2, 0.25) is 5.91 Å². The number of nitrogens with zero attached hydrogens (tertiary/aromatic N) is 1. The van der Waals surface area contributed by atoms with E-state index in [-0.39, 0.29) is 11.7 Å². The van der Waals surface area contributed by atoms with Gasteiger partial charge in [-0.3, -0.25) is 4.79 Å². The second kappa shape index (κ2) is 8.43. The van der Waals surface area contributed by atoms with E-state index in [9.17, 15) is 9.18 Å². The minimum atomic E-state index is -0.138. The lowest BCUT2D eigenvalue weighted by Gasteiger charge is -2.33. The van der Waals surface area contributed by atoms with E-state index < -0.39 is 0 Å². The van der Waals surface area contributed by atoms with Crippen molar-refractivity contribution in [1.29, 1.82) is 0 Å². The number of aryl methyl sites for hydroxylation is 1. The molecule has 2 aliphatic rings. The summed E-state index contributed by atoms with van der Waals surface area (Å²) in [7, 11) is 0. The van der Waals surface area contributed by atoms with Gasteiger partial charge in [-0.25, -0.2) is 4.39 Å². The highest BCUT2D eigenvalue weighted by molar-refractivity contribution is 7.99. The first-order valence-corrected chi connectivity index (χ1v) is 10.9. The molecule has 4 rings (SSSR count). The summed E-state index contributed by atoms with van der Waals surface area (Å²) >= 11 is 1.61. The van der Waals surface area contributed by atoms with Crippen LogP contribution in [-0.2, 0) is 10.5 Å². The van der Waals surface area contributed by atoms with Gasteiger partial charge in [0.05, 0.1) is 18.0 Å². The van der Waals surface area contributed by atoms with Gasteiger partial charge in [-0.1, -0.05) is 12.1 Å². The van der Waals surface area contributed by atoms with E-state index in [0.29, 0.717) is 24.0 Å². The van der Waals surface area contributed by atoms with E-state index in [1.807, 2.05) is 37.3 Å². The third kappa shape index (κ3) is 4.27. The summed E-state index contributed by atoms with van der Waals surface area (Å²) in [5, 5.41) is 2.95. The van der Waals surface area contributed by atoms with Crippen molar-refractivity contribution in [2.24, 2.45) is 5.92 Å². The standard InChI is InChI=1S/C22H25FN2O2S/c1-15-5-6-20(18(23)11-15)25-9-7-16(8-10-25)12-27-21-4-2-3-19-17(21)13-28-14-22(26)24-19/h2-6,11,16H,7-10,12-14H2,1H3,(H,24,26). The SMILES string of the molecule is Cc1ccc(N2CCC(COc3cccc4c3CSCC(=O)N4)CC2)c(F)c1. The number of carbonyl (C=O) groups is 1. The Kier molecular flexibility index (Phi) is 5.76. The Hall–Kier alpha value is -2.21. The Balaban J connectivity index is 1.35. The van der Waals surface area contributed by atoms with Crippen LogP contribution < -0.4 is 15.0 Å². The number of piperidine rings is 1. The van der Waals surface area contributed by atoms with Crippen LogP contribution in [0.15, 0.2) is 36.4 Å². The second-order valence-corrected chi connectivity index (χ2v) is 8.51. The smallest absolute Gasteiger partial charge is 0.234 e. The number of halogens is 1. The minimum Gasteiger partial charge on any atom is -0.493 e. The number of nitrogens with one attached hydrogen (secondary N) is 1. The topological polar surface area (TPSA) is 41.6 Å². The predicted octanol–water partition coefficient (Wildman–Crippen LogP) is 4.61. The van der Waals surface area contributed by atoms with Crippen LogP contribution in [0.4, 0.5) is 15.8 Å². The van der Waals surface area contributed by atoms with Gasteiger partial charge in [0.1, 0.15) is 11.6 Å². The summed E-state index contributed by atoms with van der Waals surface area (Å²) in [6, 6.07) is 11.3. The molecule has 0 unspecified atom stereocenters. The van der Waals surface area contributed by atoms with Gasteiger partial charge in [-0.05, 0) is 55.5 Å². The molecule has 2 heterocycles. The van der Waals surface area contributed by atoms with E-state index in [1.165, 1.54) is 0 Å². The molecule has 2 aromatic carbocycles. The molecule has 0 bridgehead atoms. The number of carbonyl (C=O) groups excluding carboxylic acids is 1. The molecule has 0 spiro atoms. The van der Waals surface area contributed by atoms with Crippen molar-refractivity contribution in [1.82, 2.24) is 0 Å². The molecule has 0 radical (unpaired) electrons. The lowest BCUT2D eigenvalue weighted by molar-refractivity contribution is -0.113. The Bertz CT molecular complexity index is 866. The molecule has 6 heteroatoms. The van der Waals surface area contributed by atoms with Crippen LogP contribution >= 0.6 is 11.8 Å². The number of rotatable bonds is 4. The highest BCUT2D eigenvalue weighted by Crippen LogP contribution is 2.34. The number of thioether (sulfide) groups is 1. The second-order valence-electron chi connectivity index (χ2n) is 7.52. The number of benzene rings is 2. The highest BCUT2D eigenvalue weighted by Gasteiger charge is 2.23. The summed E-state index contributed by atoms with van der Waals surface area (Å²) in [5.74, 6) is 2.46. The Morgan fingerprint density at radius 3 is 2.82 bits per heavy atom. The van der Waals surface area contributed by atoms with E-state index in [0.717, 1.165) is 54.2 Å². The largest absolute Gasteiger partial charge is 0.493 e. The average Bonchev–Trinajstić information content (AvgIpc) is 2.88.